The van der Waals surface area contributed by atoms with E-state index in [1.54, 1.807) is 0 Å². The van der Waals surface area contributed by atoms with Crippen molar-refractivity contribution >= 4 is 40.3 Å². The van der Waals surface area contributed by atoms with Crippen LogP contribution in [0.15, 0.2) is 42.5 Å². The summed E-state index contributed by atoms with van der Waals surface area (Å²) in [4.78, 5) is 0. The predicted molar refractivity (Wildman–Crippen MR) is 96.6 cm³/mol. The maximum absolute atomic E-state index is 6.11. The minimum absolute atomic E-state index is 0.490. The van der Waals surface area contributed by atoms with Crippen molar-refractivity contribution in [3.8, 4) is 0 Å². The topological polar surface area (TPSA) is 24.1 Å². The Hall–Kier alpha value is -1.58. The average Bonchev–Trinajstić information content (AvgIpc) is 2.43. The maximum Gasteiger partial charge on any atom is 0.175 e. The molecule has 0 heterocycles. The number of rotatable bonds is 3. The third-order valence-corrected chi connectivity index (χ3v) is 3.85. The van der Waals surface area contributed by atoms with Gasteiger partial charge in [-0.1, -0.05) is 43.6 Å². The van der Waals surface area contributed by atoms with Crippen LogP contribution >= 0.6 is 23.8 Å². The molecule has 110 valence electrons. The zero-order chi connectivity index (χ0) is 15.4. The molecule has 0 unspecified atom stereocenters. The van der Waals surface area contributed by atoms with Gasteiger partial charge in [0.1, 0.15) is 0 Å². The molecule has 0 aliphatic carbocycles. The summed E-state index contributed by atoms with van der Waals surface area (Å²) in [5.41, 5.74) is 4.19. The zero-order valence-corrected chi connectivity index (χ0v) is 14.0. The molecule has 2 rings (SSSR count). The number of nitrogens with one attached hydrogen (secondary N) is 2. The summed E-state index contributed by atoms with van der Waals surface area (Å²) in [6.07, 6.45) is 0. The Kier molecular flexibility index (Phi) is 5.21. The molecule has 4 heteroatoms. The normalized spacial score (nSPS) is 10.5. The monoisotopic (exact) mass is 318 g/mol. The molecule has 0 saturated carbocycles. The van der Waals surface area contributed by atoms with E-state index in [0.717, 1.165) is 22.0 Å². The molecule has 2 N–H and O–H groups in total. The van der Waals surface area contributed by atoms with Crippen molar-refractivity contribution < 1.29 is 0 Å². The second-order valence-corrected chi connectivity index (χ2v) is 6.14. The number of thiocarbonyl (C=S) groups is 1. The van der Waals surface area contributed by atoms with Crippen molar-refractivity contribution in [1.29, 1.82) is 0 Å². The highest BCUT2D eigenvalue weighted by atomic mass is 35.5. The number of benzene rings is 2. The van der Waals surface area contributed by atoms with Crippen LogP contribution in [0.5, 0.6) is 0 Å². The summed E-state index contributed by atoms with van der Waals surface area (Å²) < 4.78 is 0. The molecular weight excluding hydrogens is 300 g/mol. The van der Waals surface area contributed by atoms with Crippen molar-refractivity contribution in [2.75, 3.05) is 10.6 Å². The van der Waals surface area contributed by atoms with Crippen molar-refractivity contribution in [3.05, 3.63) is 58.6 Å². The second kappa shape index (κ2) is 6.92. The largest absolute Gasteiger partial charge is 0.332 e. The Bertz CT molecular complexity index is 653. The molecule has 0 bridgehead atoms. The van der Waals surface area contributed by atoms with Gasteiger partial charge in [0.25, 0.3) is 0 Å². The number of halogens is 1. The Balaban J connectivity index is 2.04. The maximum atomic E-state index is 6.11. The van der Waals surface area contributed by atoms with Crippen LogP contribution in [0.4, 0.5) is 11.4 Å². The van der Waals surface area contributed by atoms with Crippen LogP contribution in [0, 0.1) is 6.92 Å². The van der Waals surface area contributed by atoms with Crippen molar-refractivity contribution in [2.24, 2.45) is 0 Å². The van der Waals surface area contributed by atoms with Crippen molar-refractivity contribution in [1.82, 2.24) is 0 Å². The first kappa shape index (κ1) is 15.8. The number of hydrogen-bond donors (Lipinski definition) is 2. The van der Waals surface area contributed by atoms with Crippen molar-refractivity contribution in [2.45, 2.75) is 26.7 Å². The molecule has 2 aromatic carbocycles. The van der Waals surface area contributed by atoms with Crippen LogP contribution in [-0.4, -0.2) is 5.11 Å². The average molecular weight is 319 g/mol. The molecule has 0 aromatic heterocycles. The van der Waals surface area contributed by atoms with E-state index in [0.29, 0.717) is 11.0 Å². The summed E-state index contributed by atoms with van der Waals surface area (Å²) >= 11 is 11.4. The number of hydrogen-bond acceptors (Lipinski definition) is 1. The minimum atomic E-state index is 0.490. The fourth-order valence-corrected chi connectivity index (χ4v) is 2.36. The molecule has 2 nitrogen and oxygen atoms in total. The highest BCUT2D eigenvalue weighted by molar-refractivity contribution is 7.80. The molecule has 0 aliphatic heterocycles. The van der Waals surface area contributed by atoms with E-state index in [-0.39, 0.29) is 0 Å². The van der Waals surface area contributed by atoms with Gasteiger partial charge in [0, 0.05) is 16.4 Å². The number of aryl methyl sites for hydroxylation is 1. The predicted octanol–water partition coefficient (Wildman–Crippen LogP) is 5.58. The van der Waals surface area contributed by atoms with E-state index in [9.17, 15) is 0 Å². The smallest absolute Gasteiger partial charge is 0.175 e. The Morgan fingerprint density at radius 1 is 1.05 bits per heavy atom. The Morgan fingerprint density at radius 2 is 1.71 bits per heavy atom. The van der Waals surface area contributed by atoms with Gasteiger partial charge in [0.2, 0.25) is 0 Å². The summed E-state index contributed by atoms with van der Waals surface area (Å²) in [6.45, 7) is 6.31. The Morgan fingerprint density at radius 3 is 2.33 bits per heavy atom. The van der Waals surface area contributed by atoms with Gasteiger partial charge >= 0.3 is 0 Å². The van der Waals surface area contributed by atoms with Crippen LogP contribution < -0.4 is 10.6 Å². The van der Waals surface area contributed by atoms with Gasteiger partial charge in [-0.3, -0.25) is 0 Å². The highest BCUT2D eigenvalue weighted by Crippen LogP contribution is 2.21. The Labute approximate surface area is 136 Å². The van der Waals surface area contributed by atoms with Crippen LogP contribution in [0.3, 0.4) is 0 Å². The van der Waals surface area contributed by atoms with E-state index in [4.69, 9.17) is 23.8 Å². The van der Waals surface area contributed by atoms with Crippen LogP contribution in [0.2, 0.25) is 5.02 Å². The summed E-state index contributed by atoms with van der Waals surface area (Å²) in [7, 11) is 0. The third-order valence-electron chi connectivity index (χ3n) is 3.24. The van der Waals surface area contributed by atoms with Crippen LogP contribution in [0.25, 0.3) is 0 Å². The molecule has 0 spiro atoms. The fourth-order valence-electron chi connectivity index (χ4n) is 1.94. The molecule has 21 heavy (non-hydrogen) atoms. The van der Waals surface area contributed by atoms with Crippen molar-refractivity contribution in [3.63, 3.8) is 0 Å². The molecular formula is C17H19ClN2S. The molecule has 0 aliphatic rings. The van der Waals surface area contributed by atoms with Gasteiger partial charge in [0.15, 0.2) is 5.11 Å². The minimum Gasteiger partial charge on any atom is -0.332 e. The van der Waals surface area contributed by atoms with E-state index in [1.165, 1.54) is 5.56 Å². The van der Waals surface area contributed by atoms with E-state index in [1.807, 2.05) is 37.3 Å². The lowest BCUT2D eigenvalue weighted by atomic mass is 10.0. The standard InChI is InChI=1S/C17H19ClN2S/c1-11(2)13-5-4-6-14(9-13)19-17(21)20-15-8-7-12(3)16(18)10-15/h4-11H,1-3H3,(H2,19,20,21). The first-order valence-electron chi connectivity index (χ1n) is 6.90. The molecule has 0 atom stereocenters. The van der Waals surface area contributed by atoms with E-state index >= 15 is 0 Å². The van der Waals surface area contributed by atoms with Gasteiger partial charge in [-0.2, -0.15) is 0 Å². The lowest BCUT2D eigenvalue weighted by Crippen LogP contribution is -2.19. The summed E-state index contributed by atoms with van der Waals surface area (Å²) in [5.74, 6) is 0.490. The molecule has 0 radical (unpaired) electrons. The van der Waals surface area contributed by atoms with E-state index < -0.39 is 0 Å². The van der Waals surface area contributed by atoms with E-state index in [2.05, 4.69) is 36.6 Å². The first-order valence-corrected chi connectivity index (χ1v) is 7.68. The van der Waals surface area contributed by atoms with Gasteiger partial charge in [-0.05, 0) is 60.5 Å². The fraction of sp³-hybridized carbons (Fsp3) is 0.235. The molecule has 2 aromatic rings. The second-order valence-electron chi connectivity index (χ2n) is 5.32. The number of anilines is 2. The first-order chi connectivity index (χ1) is 9.95. The van der Waals surface area contributed by atoms with Gasteiger partial charge < -0.3 is 10.6 Å². The SMILES string of the molecule is Cc1ccc(NC(=S)Nc2cccc(C(C)C)c2)cc1Cl. The van der Waals surface area contributed by atoms with Crippen LogP contribution in [0.1, 0.15) is 30.9 Å². The lowest BCUT2D eigenvalue weighted by Gasteiger charge is -2.13. The van der Waals surface area contributed by atoms with Gasteiger partial charge in [0.05, 0.1) is 0 Å². The summed E-state index contributed by atoms with van der Waals surface area (Å²) in [6, 6.07) is 14.1. The molecule has 0 fully saturated rings. The lowest BCUT2D eigenvalue weighted by molar-refractivity contribution is 0.867. The molecule has 0 saturated heterocycles. The van der Waals surface area contributed by atoms with Gasteiger partial charge in [-0.15, -0.1) is 0 Å². The molecule has 0 amide bonds. The van der Waals surface area contributed by atoms with Gasteiger partial charge in [-0.25, -0.2) is 0 Å². The third kappa shape index (κ3) is 4.45. The summed E-state index contributed by atoms with van der Waals surface area (Å²) in [5, 5.41) is 7.62. The quantitative estimate of drug-likeness (QED) is 0.722. The highest BCUT2D eigenvalue weighted by Gasteiger charge is 2.03. The zero-order valence-electron chi connectivity index (χ0n) is 12.4. The van der Waals surface area contributed by atoms with Crippen LogP contribution in [-0.2, 0) is 0 Å².